The topological polar surface area (TPSA) is 51.8 Å². The lowest BCUT2D eigenvalue weighted by Gasteiger charge is -2.17. The molecule has 0 fully saturated rings. The summed E-state index contributed by atoms with van der Waals surface area (Å²) in [6, 6.07) is 10.9. The fraction of sp³-hybridized carbons (Fsp3) is 0.300. The van der Waals surface area contributed by atoms with Crippen LogP contribution < -0.4 is 5.73 Å². The number of hydrogen-bond donors (Lipinski definition) is 1. The highest BCUT2D eigenvalue weighted by atomic mass is 14.8. The van der Waals surface area contributed by atoms with Gasteiger partial charge < -0.3 is 5.73 Å². The van der Waals surface area contributed by atoms with E-state index in [1.54, 1.807) is 0 Å². The molecular formula is C20H21N3. The molecule has 23 heavy (non-hydrogen) atoms. The Hall–Kier alpha value is -2.42. The number of para-hydroxylation sites is 1. The van der Waals surface area contributed by atoms with Gasteiger partial charge in [0.15, 0.2) is 0 Å². The molecule has 0 bridgehead atoms. The number of anilines is 1. The van der Waals surface area contributed by atoms with E-state index in [0.29, 0.717) is 5.82 Å². The number of aryl methyl sites for hydroxylation is 3. The SMILES string of the molecule is CCc1cc(-c2cccc3cc4c(nc23)CCCC4)cnc1N. The summed E-state index contributed by atoms with van der Waals surface area (Å²) in [5, 5.41) is 1.22. The zero-order chi connectivity index (χ0) is 15.8. The molecule has 2 aromatic heterocycles. The molecule has 2 N–H and O–H groups in total. The van der Waals surface area contributed by atoms with Crippen LogP contribution in [0.5, 0.6) is 0 Å². The minimum absolute atomic E-state index is 0.627. The van der Waals surface area contributed by atoms with Gasteiger partial charge in [-0.3, -0.25) is 4.98 Å². The van der Waals surface area contributed by atoms with Crippen molar-refractivity contribution < 1.29 is 0 Å². The van der Waals surface area contributed by atoms with Crippen molar-refractivity contribution in [1.29, 1.82) is 0 Å². The Morgan fingerprint density at radius 1 is 1.13 bits per heavy atom. The van der Waals surface area contributed by atoms with Crippen LogP contribution in [0.25, 0.3) is 22.0 Å². The fourth-order valence-electron chi connectivity index (χ4n) is 3.51. The van der Waals surface area contributed by atoms with E-state index in [-0.39, 0.29) is 0 Å². The van der Waals surface area contributed by atoms with Gasteiger partial charge in [-0.15, -0.1) is 0 Å². The van der Waals surface area contributed by atoms with Crippen molar-refractivity contribution in [3.63, 3.8) is 0 Å². The fourth-order valence-corrected chi connectivity index (χ4v) is 3.51. The lowest BCUT2D eigenvalue weighted by Crippen LogP contribution is -2.05. The average molecular weight is 303 g/mol. The number of rotatable bonds is 2. The zero-order valence-electron chi connectivity index (χ0n) is 13.5. The van der Waals surface area contributed by atoms with Crippen molar-refractivity contribution in [3.8, 4) is 11.1 Å². The summed E-state index contributed by atoms with van der Waals surface area (Å²) in [7, 11) is 0. The second-order valence-electron chi connectivity index (χ2n) is 6.30. The summed E-state index contributed by atoms with van der Waals surface area (Å²) in [5.41, 5.74) is 13.1. The van der Waals surface area contributed by atoms with Gasteiger partial charge in [0, 0.05) is 28.4 Å². The van der Waals surface area contributed by atoms with Gasteiger partial charge in [-0.1, -0.05) is 25.1 Å². The van der Waals surface area contributed by atoms with Crippen LogP contribution in [0.2, 0.25) is 0 Å². The first kappa shape index (κ1) is 14.2. The molecule has 116 valence electrons. The molecule has 2 heterocycles. The van der Waals surface area contributed by atoms with E-state index < -0.39 is 0 Å². The molecule has 0 spiro atoms. The van der Waals surface area contributed by atoms with Gasteiger partial charge in [0.2, 0.25) is 0 Å². The third-order valence-corrected chi connectivity index (χ3v) is 4.82. The third kappa shape index (κ3) is 2.46. The smallest absolute Gasteiger partial charge is 0.126 e. The molecule has 1 aliphatic rings. The first-order valence-electron chi connectivity index (χ1n) is 8.42. The van der Waals surface area contributed by atoms with Gasteiger partial charge in [-0.05, 0) is 55.4 Å². The average Bonchev–Trinajstić information content (AvgIpc) is 2.60. The summed E-state index contributed by atoms with van der Waals surface area (Å²) in [4.78, 5) is 9.38. The Morgan fingerprint density at radius 3 is 2.87 bits per heavy atom. The van der Waals surface area contributed by atoms with E-state index >= 15 is 0 Å². The van der Waals surface area contributed by atoms with Gasteiger partial charge in [0.25, 0.3) is 0 Å². The monoisotopic (exact) mass is 303 g/mol. The summed E-state index contributed by atoms with van der Waals surface area (Å²) in [6.45, 7) is 2.11. The molecule has 4 rings (SSSR count). The molecule has 0 saturated carbocycles. The molecule has 1 aromatic carbocycles. The maximum absolute atomic E-state index is 5.96. The van der Waals surface area contributed by atoms with Crippen LogP contribution in [0.15, 0.2) is 36.5 Å². The van der Waals surface area contributed by atoms with Gasteiger partial charge in [-0.25, -0.2) is 4.98 Å². The van der Waals surface area contributed by atoms with Crippen LogP contribution >= 0.6 is 0 Å². The van der Waals surface area contributed by atoms with E-state index in [2.05, 4.69) is 42.2 Å². The van der Waals surface area contributed by atoms with Gasteiger partial charge in [-0.2, -0.15) is 0 Å². The maximum atomic E-state index is 5.96. The molecule has 1 aliphatic carbocycles. The van der Waals surface area contributed by atoms with Crippen molar-refractivity contribution in [3.05, 3.63) is 53.3 Å². The summed E-state index contributed by atoms with van der Waals surface area (Å²) in [5.74, 6) is 0.627. The molecular weight excluding hydrogens is 282 g/mol. The molecule has 3 aromatic rings. The van der Waals surface area contributed by atoms with Crippen LogP contribution in [0.3, 0.4) is 0 Å². The van der Waals surface area contributed by atoms with Gasteiger partial charge in [0.05, 0.1) is 5.52 Å². The molecule has 0 unspecified atom stereocenters. The number of pyridine rings is 2. The molecule has 3 heteroatoms. The number of nitrogens with zero attached hydrogens (tertiary/aromatic N) is 2. The number of nitrogen functional groups attached to an aromatic ring is 1. The van der Waals surface area contributed by atoms with Crippen LogP contribution in [-0.2, 0) is 19.3 Å². The first-order valence-corrected chi connectivity index (χ1v) is 8.42. The van der Waals surface area contributed by atoms with Gasteiger partial charge >= 0.3 is 0 Å². The van der Waals surface area contributed by atoms with Crippen LogP contribution in [-0.4, -0.2) is 9.97 Å². The van der Waals surface area contributed by atoms with Crippen LogP contribution in [0, 0.1) is 0 Å². The standard InChI is InChI=1S/C20H21N3/c1-2-13-10-16(12-22-20(13)21)17-8-5-7-15-11-14-6-3-4-9-18(14)23-19(15)17/h5,7-8,10-12H,2-4,6,9H2,1H3,(H2,21,22). The molecule has 0 atom stereocenters. The minimum atomic E-state index is 0.627. The predicted octanol–water partition coefficient (Wildman–Crippen LogP) is 4.32. The largest absolute Gasteiger partial charge is 0.383 e. The Bertz CT molecular complexity index is 883. The van der Waals surface area contributed by atoms with Crippen LogP contribution in [0.4, 0.5) is 5.82 Å². The van der Waals surface area contributed by atoms with Crippen LogP contribution in [0.1, 0.15) is 36.6 Å². The number of benzene rings is 1. The summed E-state index contributed by atoms with van der Waals surface area (Å²) in [6.07, 6.45) is 7.54. The normalized spacial score (nSPS) is 14.0. The quantitative estimate of drug-likeness (QED) is 0.767. The zero-order valence-corrected chi connectivity index (χ0v) is 13.5. The molecule has 3 nitrogen and oxygen atoms in total. The summed E-state index contributed by atoms with van der Waals surface area (Å²) >= 11 is 0. The Kier molecular flexibility index (Phi) is 3.49. The first-order chi connectivity index (χ1) is 11.3. The number of hydrogen-bond acceptors (Lipinski definition) is 3. The highest BCUT2D eigenvalue weighted by molar-refractivity contribution is 5.94. The van der Waals surface area contributed by atoms with Crippen molar-refractivity contribution in [2.45, 2.75) is 39.0 Å². The lowest BCUT2D eigenvalue weighted by atomic mass is 9.93. The van der Waals surface area contributed by atoms with Crippen molar-refractivity contribution in [2.75, 3.05) is 5.73 Å². The number of aromatic nitrogens is 2. The second-order valence-corrected chi connectivity index (χ2v) is 6.30. The number of nitrogens with two attached hydrogens (primary N) is 1. The Balaban J connectivity index is 1.93. The summed E-state index contributed by atoms with van der Waals surface area (Å²) < 4.78 is 0. The van der Waals surface area contributed by atoms with Crippen molar-refractivity contribution in [1.82, 2.24) is 9.97 Å². The van der Waals surface area contributed by atoms with Crippen molar-refractivity contribution in [2.24, 2.45) is 0 Å². The highest BCUT2D eigenvalue weighted by Crippen LogP contribution is 2.31. The molecule has 0 saturated heterocycles. The second kappa shape index (κ2) is 5.65. The Morgan fingerprint density at radius 2 is 2.00 bits per heavy atom. The van der Waals surface area contributed by atoms with E-state index in [0.717, 1.165) is 41.5 Å². The molecule has 0 amide bonds. The van der Waals surface area contributed by atoms with Crippen molar-refractivity contribution >= 4 is 16.7 Å². The number of fused-ring (bicyclic) bond motifs is 2. The minimum Gasteiger partial charge on any atom is -0.383 e. The van der Waals surface area contributed by atoms with E-state index in [1.807, 2.05) is 6.20 Å². The van der Waals surface area contributed by atoms with E-state index in [9.17, 15) is 0 Å². The maximum Gasteiger partial charge on any atom is 0.126 e. The molecule has 0 radical (unpaired) electrons. The third-order valence-electron chi connectivity index (χ3n) is 4.82. The molecule has 0 aliphatic heterocycles. The Labute approximate surface area is 136 Å². The predicted molar refractivity (Wildman–Crippen MR) is 95.4 cm³/mol. The van der Waals surface area contributed by atoms with E-state index in [1.165, 1.54) is 29.5 Å². The van der Waals surface area contributed by atoms with E-state index in [4.69, 9.17) is 10.7 Å². The highest BCUT2D eigenvalue weighted by Gasteiger charge is 2.14. The van der Waals surface area contributed by atoms with Gasteiger partial charge in [0.1, 0.15) is 5.82 Å². The lowest BCUT2D eigenvalue weighted by molar-refractivity contribution is 0.671.